The van der Waals surface area contributed by atoms with E-state index >= 15 is 0 Å². The number of carboxylic acids is 1. The van der Waals surface area contributed by atoms with Gasteiger partial charge in [0.05, 0.1) is 24.0 Å². The van der Waals surface area contributed by atoms with Gasteiger partial charge in [0.15, 0.2) is 0 Å². The van der Waals surface area contributed by atoms with Gasteiger partial charge in [0.25, 0.3) is 0 Å². The number of hydrogen-bond acceptors (Lipinski definition) is 4. The molecule has 2 rings (SSSR count). The lowest BCUT2D eigenvalue weighted by Crippen LogP contribution is -2.38. The van der Waals surface area contributed by atoms with E-state index in [4.69, 9.17) is 9.84 Å². The summed E-state index contributed by atoms with van der Waals surface area (Å²) in [6, 6.07) is 5.76. The Balaban J connectivity index is 2.09. The predicted octanol–water partition coefficient (Wildman–Crippen LogP) is 0.935. The van der Waals surface area contributed by atoms with Crippen molar-refractivity contribution < 1.29 is 23.1 Å². The molecule has 1 fully saturated rings. The molecule has 1 aromatic carbocycles. The van der Waals surface area contributed by atoms with Gasteiger partial charge in [0.1, 0.15) is 0 Å². The maximum atomic E-state index is 12.3. The molecule has 1 unspecified atom stereocenters. The second-order valence-electron chi connectivity index (χ2n) is 4.79. The second kappa shape index (κ2) is 5.90. The molecule has 1 aliphatic rings. The van der Waals surface area contributed by atoms with E-state index in [1.807, 2.05) is 0 Å². The quantitative estimate of drug-likeness (QED) is 0.874. The Labute approximate surface area is 118 Å². The van der Waals surface area contributed by atoms with Crippen molar-refractivity contribution in [3.8, 4) is 0 Å². The van der Waals surface area contributed by atoms with Crippen molar-refractivity contribution in [3.63, 3.8) is 0 Å². The van der Waals surface area contributed by atoms with Crippen LogP contribution in [0.3, 0.4) is 0 Å². The number of aromatic carboxylic acids is 1. The van der Waals surface area contributed by atoms with Crippen LogP contribution in [0, 0.1) is 0 Å². The Morgan fingerprint density at radius 3 is 2.55 bits per heavy atom. The van der Waals surface area contributed by atoms with Gasteiger partial charge in [-0.25, -0.2) is 13.2 Å². The van der Waals surface area contributed by atoms with E-state index in [9.17, 15) is 13.2 Å². The summed E-state index contributed by atoms with van der Waals surface area (Å²) in [6.45, 7) is 1.01. The van der Waals surface area contributed by atoms with Gasteiger partial charge in [-0.15, -0.1) is 0 Å². The Bertz CT molecular complexity index is 575. The molecule has 1 atom stereocenters. The Kier molecular flexibility index (Phi) is 4.42. The van der Waals surface area contributed by atoms with Gasteiger partial charge in [-0.2, -0.15) is 4.31 Å². The fraction of sp³-hybridized carbons (Fsp3) is 0.462. The maximum Gasteiger partial charge on any atom is 0.335 e. The number of hydrogen-bond donors (Lipinski definition) is 1. The molecule has 110 valence electrons. The van der Waals surface area contributed by atoms with Crippen LogP contribution in [0.5, 0.6) is 0 Å². The van der Waals surface area contributed by atoms with Gasteiger partial charge in [0, 0.05) is 13.7 Å². The molecule has 1 aliphatic heterocycles. The summed E-state index contributed by atoms with van der Waals surface area (Å²) in [6.07, 6.45) is 0.702. The van der Waals surface area contributed by atoms with Crippen molar-refractivity contribution in [2.45, 2.75) is 18.2 Å². The average Bonchev–Trinajstić information content (AvgIpc) is 2.91. The van der Waals surface area contributed by atoms with Crippen LogP contribution in [-0.2, 0) is 20.5 Å². The minimum Gasteiger partial charge on any atom is -0.478 e. The number of sulfonamides is 1. The molecule has 0 saturated carbocycles. The number of rotatable bonds is 5. The van der Waals surface area contributed by atoms with Crippen LogP contribution in [0.4, 0.5) is 0 Å². The highest BCUT2D eigenvalue weighted by Gasteiger charge is 2.29. The van der Waals surface area contributed by atoms with Gasteiger partial charge >= 0.3 is 5.97 Å². The van der Waals surface area contributed by atoms with Gasteiger partial charge in [0.2, 0.25) is 10.0 Å². The highest BCUT2D eigenvalue weighted by atomic mass is 32.2. The molecule has 0 amide bonds. The fourth-order valence-electron chi connectivity index (χ4n) is 2.09. The van der Waals surface area contributed by atoms with Crippen LogP contribution in [-0.4, -0.2) is 50.1 Å². The lowest BCUT2D eigenvalue weighted by atomic mass is 10.1. The van der Waals surface area contributed by atoms with Crippen LogP contribution >= 0.6 is 0 Å². The first-order valence-electron chi connectivity index (χ1n) is 6.26. The second-order valence-corrected chi connectivity index (χ2v) is 6.82. The zero-order valence-corrected chi connectivity index (χ0v) is 12.0. The molecule has 0 bridgehead atoms. The largest absolute Gasteiger partial charge is 0.478 e. The first-order chi connectivity index (χ1) is 9.40. The van der Waals surface area contributed by atoms with Crippen LogP contribution in [0.15, 0.2) is 24.3 Å². The molecular weight excluding hydrogens is 282 g/mol. The highest BCUT2D eigenvalue weighted by Crippen LogP contribution is 2.18. The van der Waals surface area contributed by atoms with Gasteiger partial charge in [-0.1, -0.05) is 12.1 Å². The molecule has 1 heterocycles. The summed E-state index contributed by atoms with van der Waals surface area (Å²) < 4.78 is 31.1. The zero-order chi connectivity index (χ0) is 14.8. The third-order valence-electron chi connectivity index (χ3n) is 3.41. The first kappa shape index (κ1) is 15.0. The van der Waals surface area contributed by atoms with Crippen LogP contribution in [0.2, 0.25) is 0 Å². The van der Waals surface area contributed by atoms with Crippen molar-refractivity contribution in [2.24, 2.45) is 0 Å². The molecule has 6 nitrogen and oxygen atoms in total. The molecule has 0 spiro atoms. The minimum absolute atomic E-state index is 0.113. The van der Waals surface area contributed by atoms with E-state index in [1.165, 1.54) is 28.6 Å². The summed E-state index contributed by atoms with van der Waals surface area (Å²) in [5.74, 6) is -1.17. The van der Waals surface area contributed by atoms with Crippen molar-refractivity contribution in [1.82, 2.24) is 4.31 Å². The number of benzene rings is 1. The SMILES string of the molecule is CN(C1CCOC1)S(=O)(=O)Cc1ccc(C(=O)O)cc1. The number of ether oxygens (including phenoxy) is 1. The summed E-state index contributed by atoms with van der Waals surface area (Å²) in [7, 11) is -1.87. The topological polar surface area (TPSA) is 83.9 Å². The number of nitrogens with zero attached hydrogens (tertiary/aromatic N) is 1. The molecule has 1 saturated heterocycles. The smallest absolute Gasteiger partial charge is 0.335 e. The number of carbonyl (C=O) groups is 1. The third-order valence-corrected chi connectivity index (χ3v) is 5.28. The number of likely N-dealkylation sites (N-methyl/N-ethyl adjacent to an activating group) is 1. The van der Waals surface area contributed by atoms with E-state index in [1.54, 1.807) is 7.05 Å². The molecule has 0 radical (unpaired) electrons. The standard InChI is InChI=1S/C13H17NO5S/c1-14(12-6-7-19-8-12)20(17,18)9-10-2-4-11(5-3-10)13(15)16/h2-5,12H,6-9H2,1H3,(H,15,16). The number of carboxylic acid groups (broad SMARTS) is 1. The molecule has 0 aliphatic carbocycles. The van der Waals surface area contributed by atoms with Gasteiger partial charge in [-0.3, -0.25) is 0 Å². The monoisotopic (exact) mass is 299 g/mol. The Hall–Kier alpha value is -1.44. The van der Waals surface area contributed by atoms with E-state index < -0.39 is 16.0 Å². The predicted molar refractivity (Wildman–Crippen MR) is 73.0 cm³/mol. The lowest BCUT2D eigenvalue weighted by Gasteiger charge is -2.22. The van der Waals surface area contributed by atoms with Crippen LogP contribution < -0.4 is 0 Å². The summed E-state index contributed by atoms with van der Waals surface area (Å²) in [5, 5.41) is 8.80. The van der Waals surface area contributed by atoms with Crippen molar-refractivity contribution in [1.29, 1.82) is 0 Å². The van der Waals surface area contributed by atoms with E-state index in [2.05, 4.69) is 0 Å². The van der Waals surface area contributed by atoms with E-state index in [-0.39, 0.29) is 17.4 Å². The molecule has 1 N–H and O–H groups in total. The van der Waals surface area contributed by atoms with Crippen molar-refractivity contribution >= 4 is 16.0 Å². The molecule has 7 heteroatoms. The van der Waals surface area contributed by atoms with Crippen LogP contribution in [0.25, 0.3) is 0 Å². The third kappa shape index (κ3) is 3.36. The van der Waals surface area contributed by atoms with Crippen molar-refractivity contribution in [3.05, 3.63) is 35.4 Å². The fourth-order valence-corrected chi connectivity index (χ4v) is 3.53. The van der Waals surface area contributed by atoms with Crippen molar-refractivity contribution in [2.75, 3.05) is 20.3 Å². The highest BCUT2D eigenvalue weighted by molar-refractivity contribution is 7.88. The molecule has 0 aromatic heterocycles. The lowest BCUT2D eigenvalue weighted by molar-refractivity contribution is 0.0697. The first-order valence-corrected chi connectivity index (χ1v) is 7.87. The normalized spacial score (nSPS) is 19.4. The van der Waals surface area contributed by atoms with Gasteiger partial charge in [-0.05, 0) is 24.1 Å². The maximum absolute atomic E-state index is 12.3. The molecule has 1 aromatic rings. The average molecular weight is 299 g/mol. The minimum atomic E-state index is -3.42. The molecular formula is C13H17NO5S. The van der Waals surface area contributed by atoms with E-state index in [0.29, 0.717) is 25.2 Å². The Morgan fingerprint density at radius 2 is 2.05 bits per heavy atom. The van der Waals surface area contributed by atoms with Gasteiger partial charge < -0.3 is 9.84 Å². The summed E-state index contributed by atoms with van der Waals surface area (Å²) in [5.41, 5.74) is 0.712. The summed E-state index contributed by atoms with van der Waals surface area (Å²) in [4.78, 5) is 10.7. The Morgan fingerprint density at radius 1 is 1.40 bits per heavy atom. The zero-order valence-electron chi connectivity index (χ0n) is 11.2. The summed E-state index contributed by atoms with van der Waals surface area (Å²) >= 11 is 0. The van der Waals surface area contributed by atoms with E-state index in [0.717, 1.165) is 0 Å². The van der Waals surface area contributed by atoms with Crippen LogP contribution in [0.1, 0.15) is 22.3 Å². The molecule has 20 heavy (non-hydrogen) atoms.